The molecule has 0 aliphatic carbocycles. The summed E-state index contributed by atoms with van der Waals surface area (Å²) >= 11 is 7.04. The number of nitrogens with one attached hydrogen (secondary N) is 1. The Morgan fingerprint density at radius 1 is 1.77 bits per heavy atom. The maximum Gasteiger partial charge on any atom is 0.427 e. The lowest BCUT2D eigenvalue weighted by atomic mass is 10.5. The van der Waals surface area contributed by atoms with Gasteiger partial charge in [-0.25, -0.2) is 10.2 Å². The molecule has 0 aliphatic heterocycles. The highest BCUT2D eigenvalue weighted by Gasteiger charge is 1.95. The zero-order valence-corrected chi connectivity index (χ0v) is 8.35. The van der Waals surface area contributed by atoms with Gasteiger partial charge in [-0.3, -0.25) is 0 Å². The second-order valence-corrected chi connectivity index (χ2v) is 3.75. The van der Waals surface area contributed by atoms with Crippen molar-refractivity contribution < 1.29 is 9.53 Å². The van der Waals surface area contributed by atoms with Crippen molar-refractivity contribution in [2.75, 3.05) is 7.11 Å². The Labute approximate surface area is 84.2 Å². The van der Waals surface area contributed by atoms with E-state index < -0.39 is 6.09 Å². The van der Waals surface area contributed by atoms with Gasteiger partial charge in [-0.05, 0) is 12.1 Å². The minimum absolute atomic E-state index is 0.598. The van der Waals surface area contributed by atoms with Gasteiger partial charge in [-0.2, -0.15) is 5.10 Å². The first kappa shape index (κ1) is 10.0. The van der Waals surface area contributed by atoms with Gasteiger partial charge in [0.2, 0.25) is 0 Å². The molecule has 0 radical (unpaired) electrons. The first-order valence-electron chi connectivity index (χ1n) is 3.34. The molecule has 0 saturated heterocycles. The average Bonchev–Trinajstić information content (AvgIpc) is 2.51. The Morgan fingerprint density at radius 3 is 3.08 bits per heavy atom. The fraction of sp³-hybridized carbons (Fsp3) is 0.143. The molecule has 6 heteroatoms. The second kappa shape index (κ2) is 4.84. The summed E-state index contributed by atoms with van der Waals surface area (Å²) in [4.78, 5) is 11.4. The smallest absolute Gasteiger partial charge is 0.427 e. The summed E-state index contributed by atoms with van der Waals surface area (Å²) in [5, 5.41) is 3.63. The number of thiophene rings is 1. The van der Waals surface area contributed by atoms with Crippen molar-refractivity contribution in [1.29, 1.82) is 0 Å². The van der Waals surface area contributed by atoms with E-state index in [2.05, 4.69) is 15.3 Å². The number of hydrogen-bond acceptors (Lipinski definition) is 4. The molecule has 13 heavy (non-hydrogen) atoms. The second-order valence-electron chi connectivity index (χ2n) is 2.00. The number of carbonyl (C=O) groups is 1. The number of hydrogen-bond donors (Lipinski definition) is 1. The van der Waals surface area contributed by atoms with Crippen molar-refractivity contribution >= 4 is 35.2 Å². The molecule has 70 valence electrons. The molecule has 0 aromatic carbocycles. The van der Waals surface area contributed by atoms with E-state index in [9.17, 15) is 4.79 Å². The summed E-state index contributed by atoms with van der Waals surface area (Å²) < 4.78 is 4.99. The highest BCUT2D eigenvalue weighted by molar-refractivity contribution is 7.17. The Morgan fingerprint density at radius 2 is 2.54 bits per heavy atom. The SMILES string of the molecule is COC(=O)N/N=C/c1ccc(Cl)s1. The quantitative estimate of drug-likeness (QED) is 0.611. The van der Waals surface area contributed by atoms with Crippen molar-refractivity contribution in [3.8, 4) is 0 Å². The summed E-state index contributed by atoms with van der Waals surface area (Å²) in [6.07, 6.45) is 0.895. The van der Waals surface area contributed by atoms with E-state index in [1.165, 1.54) is 24.7 Å². The van der Waals surface area contributed by atoms with Crippen molar-refractivity contribution in [3.05, 3.63) is 21.3 Å². The number of hydrazone groups is 1. The molecule has 0 saturated carbocycles. The van der Waals surface area contributed by atoms with Crippen LogP contribution in [-0.4, -0.2) is 19.4 Å². The van der Waals surface area contributed by atoms with Crippen LogP contribution in [0.1, 0.15) is 4.88 Å². The summed E-state index contributed by atoms with van der Waals surface area (Å²) in [7, 11) is 1.27. The van der Waals surface area contributed by atoms with Crippen LogP contribution in [-0.2, 0) is 4.74 Å². The topological polar surface area (TPSA) is 50.7 Å². The van der Waals surface area contributed by atoms with Gasteiger partial charge in [-0.1, -0.05) is 11.6 Å². The van der Waals surface area contributed by atoms with E-state index in [1.54, 1.807) is 12.1 Å². The highest BCUT2D eigenvalue weighted by atomic mass is 35.5. The molecule has 1 heterocycles. The summed E-state index contributed by atoms with van der Waals surface area (Å²) in [5.41, 5.74) is 2.16. The number of carbonyl (C=O) groups excluding carboxylic acids is 1. The number of rotatable bonds is 2. The van der Waals surface area contributed by atoms with Crippen LogP contribution in [0.2, 0.25) is 4.34 Å². The highest BCUT2D eigenvalue weighted by Crippen LogP contribution is 2.19. The van der Waals surface area contributed by atoms with E-state index in [-0.39, 0.29) is 0 Å². The molecule has 0 aliphatic rings. The Hall–Kier alpha value is -1.07. The predicted octanol–water partition coefficient (Wildman–Crippen LogP) is 2.09. The molecule has 0 atom stereocenters. The van der Waals surface area contributed by atoms with Crippen LogP contribution in [0, 0.1) is 0 Å². The lowest BCUT2D eigenvalue weighted by Gasteiger charge is -1.93. The van der Waals surface area contributed by atoms with Gasteiger partial charge in [0.25, 0.3) is 0 Å². The number of nitrogens with zero attached hydrogens (tertiary/aromatic N) is 1. The average molecular weight is 219 g/mol. The van der Waals surface area contributed by atoms with Gasteiger partial charge in [0.15, 0.2) is 0 Å². The molecule has 1 aromatic heterocycles. The van der Waals surface area contributed by atoms with Crippen molar-refractivity contribution in [2.24, 2.45) is 5.10 Å². The number of methoxy groups -OCH3 is 1. The Balaban J connectivity index is 2.45. The van der Waals surface area contributed by atoms with E-state index in [0.29, 0.717) is 4.34 Å². The van der Waals surface area contributed by atoms with Crippen molar-refractivity contribution in [2.45, 2.75) is 0 Å². The molecule has 1 amide bonds. The molecule has 0 fully saturated rings. The third-order valence-electron chi connectivity index (χ3n) is 1.13. The van der Waals surface area contributed by atoms with Crippen LogP contribution in [0.5, 0.6) is 0 Å². The van der Waals surface area contributed by atoms with Crippen LogP contribution in [0.3, 0.4) is 0 Å². The van der Waals surface area contributed by atoms with Gasteiger partial charge in [-0.15, -0.1) is 11.3 Å². The van der Waals surface area contributed by atoms with Crippen molar-refractivity contribution in [1.82, 2.24) is 5.43 Å². The van der Waals surface area contributed by atoms with Gasteiger partial charge >= 0.3 is 6.09 Å². The molecule has 1 aromatic rings. The molecular formula is C7H7ClN2O2S. The van der Waals surface area contributed by atoms with Crippen LogP contribution in [0.25, 0.3) is 0 Å². The van der Waals surface area contributed by atoms with Crippen LogP contribution >= 0.6 is 22.9 Å². The summed E-state index contributed by atoms with van der Waals surface area (Å²) in [6, 6.07) is 3.56. The van der Waals surface area contributed by atoms with Crippen LogP contribution in [0.15, 0.2) is 17.2 Å². The fourth-order valence-electron chi connectivity index (χ4n) is 0.592. The molecular weight excluding hydrogens is 212 g/mol. The Kier molecular flexibility index (Phi) is 3.72. The van der Waals surface area contributed by atoms with Crippen molar-refractivity contribution in [3.63, 3.8) is 0 Å². The molecule has 0 unspecified atom stereocenters. The van der Waals surface area contributed by atoms with Gasteiger partial charge in [0.1, 0.15) is 0 Å². The molecule has 4 nitrogen and oxygen atoms in total. The van der Waals surface area contributed by atoms with Gasteiger partial charge in [0.05, 0.1) is 17.7 Å². The standard InChI is InChI=1S/C7H7ClN2O2S/c1-12-7(11)10-9-4-5-2-3-6(8)13-5/h2-4H,1H3,(H,10,11)/b9-4+. The molecule has 0 bridgehead atoms. The lowest BCUT2D eigenvalue weighted by molar-refractivity contribution is 0.171. The minimum atomic E-state index is -0.598. The first-order valence-corrected chi connectivity index (χ1v) is 4.54. The zero-order valence-electron chi connectivity index (χ0n) is 6.78. The number of amides is 1. The number of ether oxygens (including phenoxy) is 1. The van der Waals surface area contributed by atoms with E-state index in [1.807, 2.05) is 0 Å². The van der Waals surface area contributed by atoms with Gasteiger partial charge in [0, 0.05) is 4.88 Å². The maximum absolute atomic E-state index is 10.5. The maximum atomic E-state index is 10.5. The fourth-order valence-corrected chi connectivity index (χ4v) is 1.52. The van der Waals surface area contributed by atoms with E-state index in [4.69, 9.17) is 11.6 Å². The largest absolute Gasteiger partial charge is 0.452 e. The lowest BCUT2D eigenvalue weighted by Crippen LogP contribution is -2.16. The normalized spacial score (nSPS) is 10.3. The molecule has 1 N–H and O–H groups in total. The Bertz CT molecular complexity index is 324. The first-order chi connectivity index (χ1) is 6.22. The van der Waals surface area contributed by atoms with E-state index >= 15 is 0 Å². The summed E-state index contributed by atoms with van der Waals surface area (Å²) in [5.74, 6) is 0. The van der Waals surface area contributed by atoms with E-state index in [0.717, 1.165) is 4.88 Å². The third kappa shape index (κ3) is 3.43. The van der Waals surface area contributed by atoms with Gasteiger partial charge < -0.3 is 4.74 Å². The predicted molar refractivity (Wildman–Crippen MR) is 52.5 cm³/mol. The third-order valence-corrected chi connectivity index (χ3v) is 2.29. The van der Waals surface area contributed by atoms with Crippen LogP contribution in [0.4, 0.5) is 4.79 Å². The van der Waals surface area contributed by atoms with Crippen LogP contribution < -0.4 is 5.43 Å². The number of halogens is 1. The zero-order chi connectivity index (χ0) is 9.68. The molecule has 0 spiro atoms. The monoisotopic (exact) mass is 218 g/mol. The summed E-state index contributed by atoms with van der Waals surface area (Å²) in [6.45, 7) is 0. The minimum Gasteiger partial charge on any atom is -0.452 e. The molecule has 1 rings (SSSR count).